The van der Waals surface area contributed by atoms with Gasteiger partial charge in [-0.3, -0.25) is 14.5 Å². The SMILES string of the molecule is C=CC(=O)N(COCCCCCCCCCC)C(=O)C(=C)C. The standard InChI is InChI=1S/C18H31NO3/c1-5-7-8-9-10-11-12-13-14-22-15-19(17(20)6-2)18(21)16(3)4/h6H,2-3,5,7-15H2,1,4H3. The van der Waals surface area contributed by atoms with Crippen LogP contribution in [0.15, 0.2) is 24.8 Å². The number of imide groups is 1. The Balaban J connectivity index is 3.77. The molecule has 0 radical (unpaired) electrons. The Bertz CT molecular complexity index is 363. The second kappa shape index (κ2) is 13.3. The summed E-state index contributed by atoms with van der Waals surface area (Å²) < 4.78 is 5.43. The summed E-state index contributed by atoms with van der Waals surface area (Å²) in [6.07, 6.45) is 10.9. The van der Waals surface area contributed by atoms with Crippen LogP contribution in [0.3, 0.4) is 0 Å². The van der Waals surface area contributed by atoms with Crippen LogP contribution in [-0.2, 0) is 14.3 Å². The van der Waals surface area contributed by atoms with Gasteiger partial charge in [-0.25, -0.2) is 0 Å². The van der Waals surface area contributed by atoms with Gasteiger partial charge in [-0.2, -0.15) is 0 Å². The van der Waals surface area contributed by atoms with Gasteiger partial charge in [-0.05, 0) is 19.4 Å². The predicted molar refractivity (Wildman–Crippen MR) is 90.3 cm³/mol. The highest BCUT2D eigenvalue weighted by molar-refractivity contribution is 6.06. The Morgan fingerprint density at radius 1 is 1.05 bits per heavy atom. The molecule has 0 aliphatic heterocycles. The van der Waals surface area contributed by atoms with Gasteiger partial charge in [-0.1, -0.05) is 65.0 Å². The number of carbonyl (C=O) groups is 2. The van der Waals surface area contributed by atoms with Gasteiger partial charge in [0.2, 0.25) is 0 Å². The number of hydrogen-bond donors (Lipinski definition) is 0. The van der Waals surface area contributed by atoms with Crippen molar-refractivity contribution in [2.24, 2.45) is 0 Å². The van der Waals surface area contributed by atoms with Crippen molar-refractivity contribution >= 4 is 11.8 Å². The van der Waals surface area contributed by atoms with Crippen LogP contribution in [0.25, 0.3) is 0 Å². The fourth-order valence-electron chi connectivity index (χ4n) is 2.06. The summed E-state index contributed by atoms with van der Waals surface area (Å²) in [5, 5.41) is 0. The third-order valence-corrected chi connectivity index (χ3v) is 3.41. The predicted octanol–water partition coefficient (Wildman–Crippen LogP) is 4.22. The van der Waals surface area contributed by atoms with Crippen molar-refractivity contribution in [3.63, 3.8) is 0 Å². The lowest BCUT2D eigenvalue weighted by atomic mass is 10.1. The first-order chi connectivity index (χ1) is 10.5. The molecule has 4 heteroatoms. The zero-order valence-electron chi connectivity index (χ0n) is 14.2. The highest BCUT2D eigenvalue weighted by Crippen LogP contribution is 2.08. The molecule has 0 aromatic carbocycles. The molecule has 0 aliphatic rings. The van der Waals surface area contributed by atoms with Gasteiger partial charge in [0.15, 0.2) is 0 Å². The summed E-state index contributed by atoms with van der Waals surface area (Å²) in [5.74, 6) is -0.871. The van der Waals surface area contributed by atoms with Crippen molar-refractivity contribution in [1.29, 1.82) is 0 Å². The molecule has 0 atom stereocenters. The minimum atomic E-state index is -0.455. The minimum absolute atomic E-state index is 0.0347. The van der Waals surface area contributed by atoms with E-state index >= 15 is 0 Å². The highest BCUT2D eigenvalue weighted by Gasteiger charge is 2.19. The first-order valence-electron chi connectivity index (χ1n) is 8.26. The molecule has 0 N–H and O–H groups in total. The van der Waals surface area contributed by atoms with E-state index in [4.69, 9.17) is 4.74 Å². The molecule has 2 amide bonds. The Hall–Kier alpha value is -1.42. The molecule has 0 heterocycles. The summed E-state index contributed by atoms with van der Waals surface area (Å²) in [4.78, 5) is 24.5. The van der Waals surface area contributed by atoms with Gasteiger partial charge in [0, 0.05) is 12.2 Å². The Kier molecular flexibility index (Phi) is 12.4. The zero-order chi connectivity index (χ0) is 16.8. The van der Waals surface area contributed by atoms with Crippen molar-refractivity contribution in [3.05, 3.63) is 24.8 Å². The Labute approximate surface area is 135 Å². The molecule has 0 aromatic heterocycles. The van der Waals surface area contributed by atoms with Crippen LogP contribution in [0.5, 0.6) is 0 Å². The van der Waals surface area contributed by atoms with E-state index in [2.05, 4.69) is 20.1 Å². The van der Waals surface area contributed by atoms with Gasteiger partial charge >= 0.3 is 0 Å². The fourth-order valence-corrected chi connectivity index (χ4v) is 2.06. The van der Waals surface area contributed by atoms with E-state index in [1.807, 2.05) is 0 Å². The van der Waals surface area contributed by atoms with Gasteiger partial charge < -0.3 is 4.74 Å². The molecule has 0 aromatic rings. The lowest BCUT2D eigenvalue weighted by Gasteiger charge is -2.19. The fraction of sp³-hybridized carbons (Fsp3) is 0.667. The van der Waals surface area contributed by atoms with E-state index < -0.39 is 11.8 Å². The van der Waals surface area contributed by atoms with Crippen LogP contribution in [0, 0.1) is 0 Å². The number of nitrogens with zero attached hydrogens (tertiary/aromatic N) is 1. The molecule has 22 heavy (non-hydrogen) atoms. The monoisotopic (exact) mass is 309 g/mol. The lowest BCUT2D eigenvalue weighted by molar-refractivity contribution is -0.145. The average Bonchev–Trinajstić information content (AvgIpc) is 2.51. The third kappa shape index (κ3) is 9.50. The maximum atomic E-state index is 11.8. The van der Waals surface area contributed by atoms with Crippen LogP contribution in [0.2, 0.25) is 0 Å². The zero-order valence-corrected chi connectivity index (χ0v) is 14.2. The quantitative estimate of drug-likeness (QED) is 0.291. The average molecular weight is 309 g/mol. The van der Waals surface area contributed by atoms with Crippen molar-refractivity contribution in [1.82, 2.24) is 4.90 Å². The first-order valence-corrected chi connectivity index (χ1v) is 8.26. The smallest absolute Gasteiger partial charge is 0.257 e. The third-order valence-electron chi connectivity index (χ3n) is 3.41. The molecule has 0 rings (SSSR count). The second-order valence-corrected chi connectivity index (χ2v) is 5.57. The summed E-state index contributed by atoms with van der Waals surface area (Å²) in [7, 11) is 0. The Morgan fingerprint density at radius 2 is 1.59 bits per heavy atom. The van der Waals surface area contributed by atoms with E-state index in [0.29, 0.717) is 12.2 Å². The number of amides is 2. The molecule has 0 bridgehead atoms. The van der Waals surface area contributed by atoms with Crippen LogP contribution < -0.4 is 0 Å². The molecule has 0 fully saturated rings. The molecule has 0 saturated heterocycles. The van der Waals surface area contributed by atoms with Gasteiger partial charge in [0.1, 0.15) is 6.73 Å². The van der Waals surface area contributed by atoms with E-state index in [9.17, 15) is 9.59 Å². The maximum Gasteiger partial charge on any atom is 0.257 e. The van der Waals surface area contributed by atoms with Gasteiger partial charge in [0.25, 0.3) is 11.8 Å². The van der Waals surface area contributed by atoms with Crippen LogP contribution in [0.4, 0.5) is 0 Å². The Morgan fingerprint density at radius 3 is 2.09 bits per heavy atom. The number of rotatable bonds is 13. The molecule has 0 aliphatic carbocycles. The number of carbonyl (C=O) groups excluding carboxylic acids is 2. The highest BCUT2D eigenvalue weighted by atomic mass is 16.5. The van der Waals surface area contributed by atoms with Gasteiger partial charge in [-0.15, -0.1) is 0 Å². The molecule has 0 unspecified atom stereocenters. The summed E-state index contributed by atoms with van der Waals surface area (Å²) in [5.41, 5.74) is 0.311. The van der Waals surface area contributed by atoms with Crippen LogP contribution in [-0.4, -0.2) is 30.1 Å². The maximum absolute atomic E-state index is 11.8. The second-order valence-electron chi connectivity index (χ2n) is 5.57. The number of ether oxygens (including phenoxy) is 1. The van der Waals surface area contributed by atoms with Crippen molar-refractivity contribution in [2.75, 3.05) is 13.3 Å². The van der Waals surface area contributed by atoms with Gasteiger partial charge in [0.05, 0.1) is 0 Å². The van der Waals surface area contributed by atoms with Crippen molar-refractivity contribution < 1.29 is 14.3 Å². The molecular weight excluding hydrogens is 278 g/mol. The first kappa shape index (κ1) is 20.6. The molecular formula is C18H31NO3. The lowest BCUT2D eigenvalue weighted by Crippen LogP contribution is -2.38. The normalized spacial score (nSPS) is 10.3. The van der Waals surface area contributed by atoms with E-state index in [-0.39, 0.29) is 6.73 Å². The van der Waals surface area contributed by atoms with Crippen LogP contribution >= 0.6 is 0 Å². The van der Waals surface area contributed by atoms with E-state index in [1.54, 1.807) is 6.92 Å². The van der Waals surface area contributed by atoms with Crippen LogP contribution in [0.1, 0.15) is 65.2 Å². The molecule has 4 nitrogen and oxygen atoms in total. The summed E-state index contributed by atoms with van der Waals surface area (Å²) in [6.45, 7) is 11.3. The van der Waals surface area contributed by atoms with Crippen molar-refractivity contribution in [3.8, 4) is 0 Å². The van der Waals surface area contributed by atoms with E-state index in [0.717, 1.165) is 23.8 Å². The molecule has 126 valence electrons. The topological polar surface area (TPSA) is 46.6 Å². The number of unbranched alkanes of at least 4 members (excludes halogenated alkanes) is 7. The number of hydrogen-bond acceptors (Lipinski definition) is 3. The largest absolute Gasteiger partial charge is 0.361 e. The van der Waals surface area contributed by atoms with E-state index in [1.165, 1.54) is 38.5 Å². The molecule has 0 saturated carbocycles. The molecule has 0 spiro atoms. The summed E-state index contributed by atoms with van der Waals surface area (Å²) in [6, 6.07) is 0. The summed E-state index contributed by atoms with van der Waals surface area (Å²) >= 11 is 0. The van der Waals surface area contributed by atoms with Crippen molar-refractivity contribution in [2.45, 2.75) is 65.2 Å². The minimum Gasteiger partial charge on any atom is -0.361 e.